The molecule has 1 aromatic rings. The molecule has 0 unspecified atom stereocenters. The molecule has 0 aliphatic carbocycles. The normalized spacial score (nSPS) is 10.5. The molecule has 6 heteroatoms. The van der Waals surface area contributed by atoms with Gasteiger partial charge in [0.15, 0.2) is 0 Å². The first-order valence-corrected chi connectivity index (χ1v) is 7.20. The van der Waals surface area contributed by atoms with E-state index >= 15 is 0 Å². The van der Waals surface area contributed by atoms with Gasteiger partial charge in [-0.15, -0.1) is 0 Å². The molecule has 1 N–H and O–H groups in total. The van der Waals surface area contributed by atoms with Crippen molar-refractivity contribution in [1.82, 2.24) is 0 Å². The van der Waals surface area contributed by atoms with E-state index in [1.165, 1.54) is 23.9 Å². The van der Waals surface area contributed by atoms with E-state index in [1.807, 2.05) is 0 Å². The predicted molar refractivity (Wildman–Crippen MR) is 73.9 cm³/mol. The van der Waals surface area contributed by atoms with Gasteiger partial charge in [0.25, 0.3) is 0 Å². The number of ether oxygens (including phenoxy) is 1. The van der Waals surface area contributed by atoms with Gasteiger partial charge in [0.05, 0.1) is 11.4 Å². The summed E-state index contributed by atoms with van der Waals surface area (Å²) in [5.41, 5.74) is 0.267. The van der Waals surface area contributed by atoms with Crippen LogP contribution in [-0.2, 0) is 4.79 Å². The van der Waals surface area contributed by atoms with Gasteiger partial charge in [0.1, 0.15) is 5.75 Å². The van der Waals surface area contributed by atoms with E-state index in [4.69, 9.17) is 0 Å². The van der Waals surface area contributed by atoms with Crippen molar-refractivity contribution in [3.63, 3.8) is 0 Å². The lowest BCUT2D eigenvalue weighted by Crippen LogP contribution is -2.15. The SMILES string of the molecule is CCCCSCC(=O)Nc1ccccc1OC(F)F. The number of unbranched alkanes of at least 4 members (excludes halogenated alkanes) is 1. The van der Waals surface area contributed by atoms with Crippen molar-refractivity contribution in [2.45, 2.75) is 26.4 Å². The second-order valence-corrected chi connectivity index (χ2v) is 4.93. The molecule has 1 rings (SSSR count). The van der Waals surface area contributed by atoms with E-state index in [9.17, 15) is 13.6 Å². The van der Waals surface area contributed by atoms with E-state index < -0.39 is 6.61 Å². The minimum atomic E-state index is -2.91. The lowest BCUT2D eigenvalue weighted by molar-refractivity contribution is -0.113. The predicted octanol–water partition coefficient (Wildman–Crippen LogP) is 3.76. The molecule has 0 aliphatic rings. The molecule has 0 fully saturated rings. The Balaban J connectivity index is 2.49. The number of hydrogen-bond acceptors (Lipinski definition) is 3. The Morgan fingerprint density at radius 1 is 1.42 bits per heavy atom. The fourth-order valence-corrected chi connectivity index (χ4v) is 2.26. The van der Waals surface area contributed by atoms with Crippen molar-refractivity contribution in [2.75, 3.05) is 16.8 Å². The van der Waals surface area contributed by atoms with E-state index in [1.54, 1.807) is 12.1 Å². The third-order valence-electron chi connectivity index (χ3n) is 2.25. The van der Waals surface area contributed by atoms with Gasteiger partial charge >= 0.3 is 6.61 Å². The summed E-state index contributed by atoms with van der Waals surface area (Å²) in [7, 11) is 0. The lowest BCUT2D eigenvalue weighted by Gasteiger charge is -2.11. The Morgan fingerprint density at radius 3 is 2.84 bits per heavy atom. The number of thioether (sulfide) groups is 1. The van der Waals surface area contributed by atoms with Gasteiger partial charge < -0.3 is 10.1 Å². The molecule has 0 aromatic heterocycles. The van der Waals surface area contributed by atoms with Gasteiger partial charge in [-0.05, 0) is 24.3 Å². The lowest BCUT2D eigenvalue weighted by atomic mass is 10.3. The largest absolute Gasteiger partial charge is 0.433 e. The first-order valence-electron chi connectivity index (χ1n) is 6.05. The first-order chi connectivity index (χ1) is 9.13. The second-order valence-electron chi connectivity index (χ2n) is 3.83. The Labute approximate surface area is 115 Å². The first kappa shape index (κ1) is 15.8. The van der Waals surface area contributed by atoms with Crippen LogP contribution in [0.2, 0.25) is 0 Å². The van der Waals surface area contributed by atoms with Crippen molar-refractivity contribution in [1.29, 1.82) is 0 Å². The number of carbonyl (C=O) groups excluding carboxylic acids is 1. The maximum atomic E-state index is 12.2. The standard InChI is InChI=1S/C13H17F2NO2S/c1-2-3-8-19-9-12(17)16-10-6-4-5-7-11(10)18-13(14)15/h4-7,13H,2-3,8-9H2,1H3,(H,16,17). The third kappa shape index (κ3) is 6.42. The summed E-state index contributed by atoms with van der Waals surface area (Å²) in [6.07, 6.45) is 2.14. The van der Waals surface area contributed by atoms with E-state index in [0.717, 1.165) is 18.6 Å². The molecule has 1 aromatic carbocycles. The fourth-order valence-electron chi connectivity index (χ4n) is 1.37. The van der Waals surface area contributed by atoms with Crippen molar-refractivity contribution in [3.8, 4) is 5.75 Å². The second kappa shape index (κ2) is 8.74. The molecule has 106 valence electrons. The molecule has 0 saturated heterocycles. The zero-order chi connectivity index (χ0) is 14.1. The van der Waals surface area contributed by atoms with Crippen molar-refractivity contribution < 1.29 is 18.3 Å². The summed E-state index contributed by atoms with van der Waals surface area (Å²) in [6, 6.07) is 6.15. The van der Waals surface area contributed by atoms with Crippen molar-refractivity contribution >= 4 is 23.4 Å². The van der Waals surface area contributed by atoms with Crippen LogP contribution in [0.5, 0.6) is 5.75 Å². The zero-order valence-corrected chi connectivity index (χ0v) is 11.5. The Morgan fingerprint density at radius 2 is 2.16 bits per heavy atom. The van der Waals surface area contributed by atoms with Crippen molar-refractivity contribution in [2.24, 2.45) is 0 Å². The Bertz CT molecular complexity index is 402. The van der Waals surface area contributed by atoms with Crippen LogP contribution in [0.25, 0.3) is 0 Å². The summed E-state index contributed by atoms with van der Waals surface area (Å²) in [5, 5.41) is 2.57. The minimum absolute atomic E-state index is 0.0237. The zero-order valence-electron chi connectivity index (χ0n) is 10.7. The third-order valence-corrected chi connectivity index (χ3v) is 3.30. The van der Waals surface area contributed by atoms with Crippen LogP contribution in [-0.4, -0.2) is 24.0 Å². The van der Waals surface area contributed by atoms with E-state index in [0.29, 0.717) is 5.75 Å². The molecule has 0 bridgehead atoms. The number of anilines is 1. The average molecular weight is 289 g/mol. The highest BCUT2D eigenvalue weighted by Crippen LogP contribution is 2.25. The molecule has 0 atom stereocenters. The van der Waals surface area contributed by atoms with Gasteiger partial charge in [0, 0.05) is 0 Å². The number of amides is 1. The van der Waals surface area contributed by atoms with Crippen LogP contribution >= 0.6 is 11.8 Å². The summed E-state index contributed by atoms with van der Waals surface area (Å²) in [4.78, 5) is 11.6. The molecular weight excluding hydrogens is 272 g/mol. The van der Waals surface area contributed by atoms with E-state index in [-0.39, 0.29) is 17.3 Å². The molecule has 3 nitrogen and oxygen atoms in total. The molecule has 1 amide bonds. The van der Waals surface area contributed by atoms with Crippen molar-refractivity contribution in [3.05, 3.63) is 24.3 Å². The van der Waals surface area contributed by atoms with Crippen LogP contribution in [0.1, 0.15) is 19.8 Å². The number of rotatable bonds is 8. The quantitative estimate of drug-likeness (QED) is 0.741. The number of halogens is 2. The topological polar surface area (TPSA) is 38.3 Å². The summed E-state index contributed by atoms with van der Waals surface area (Å²) in [5.74, 6) is 0.984. The minimum Gasteiger partial charge on any atom is -0.433 e. The summed E-state index contributed by atoms with van der Waals surface area (Å²) >= 11 is 1.52. The highest BCUT2D eigenvalue weighted by molar-refractivity contribution is 7.99. The molecule has 0 saturated carbocycles. The number of para-hydroxylation sites is 2. The molecule has 0 spiro atoms. The maximum Gasteiger partial charge on any atom is 0.387 e. The van der Waals surface area contributed by atoms with Gasteiger partial charge in [-0.2, -0.15) is 20.5 Å². The number of alkyl halides is 2. The molecule has 0 radical (unpaired) electrons. The van der Waals surface area contributed by atoms with Gasteiger partial charge in [-0.25, -0.2) is 0 Å². The highest BCUT2D eigenvalue weighted by Gasteiger charge is 2.11. The van der Waals surface area contributed by atoms with Crippen LogP contribution in [0.4, 0.5) is 14.5 Å². The fraction of sp³-hybridized carbons (Fsp3) is 0.462. The maximum absolute atomic E-state index is 12.2. The van der Waals surface area contributed by atoms with Crippen LogP contribution in [0, 0.1) is 0 Å². The molecular formula is C13H17F2NO2S. The Kier molecular flexibility index (Phi) is 7.25. The van der Waals surface area contributed by atoms with E-state index in [2.05, 4.69) is 17.0 Å². The highest BCUT2D eigenvalue weighted by atomic mass is 32.2. The summed E-state index contributed by atoms with van der Waals surface area (Å²) < 4.78 is 28.7. The van der Waals surface area contributed by atoms with Gasteiger partial charge in [-0.1, -0.05) is 25.5 Å². The monoisotopic (exact) mass is 289 g/mol. The number of hydrogen-bond donors (Lipinski definition) is 1. The van der Waals surface area contributed by atoms with Gasteiger partial charge in [-0.3, -0.25) is 4.79 Å². The average Bonchev–Trinajstić information content (AvgIpc) is 2.36. The molecule has 0 heterocycles. The summed E-state index contributed by atoms with van der Waals surface area (Å²) in [6.45, 7) is -0.824. The van der Waals surface area contributed by atoms with Crippen LogP contribution in [0.3, 0.4) is 0 Å². The smallest absolute Gasteiger partial charge is 0.387 e. The molecule has 0 aliphatic heterocycles. The number of benzene rings is 1. The number of nitrogens with one attached hydrogen (secondary N) is 1. The Hall–Kier alpha value is -1.30. The van der Waals surface area contributed by atoms with Gasteiger partial charge in [0.2, 0.25) is 5.91 Å². The van der Waals surface area contributed by atoms with Crippen LogP contribution < -0.4 is 10.1 Å². The van der Waals surface area contributed by atoms with Crippen LogP contribution in [0.15, 0.2) is 24.3 Å². The number of carbonyl (C=O) groups is 1. The molecule has 19 heavy (non-hydrogen) atoms.